The maximum atomic E-state index is 10.3. The summed E-state index contributed by atoms with van der Waals surface area (Å²) in [5.41, 5.74) is 19.3. The molecule has 0 aliphatic rings. The molecule has 0 aromatic heterocycles. The maximum Gasteiger partial charge on any atom is 0.141 e. The molecular weight excluding hydrogens is 312 g/mol. The van der Waals surface area contributed by atoms with Gasteiger partial charge in [0.1, 0.15) is 11.5 Å². The third kappa shape index (κ3) is 3.39. The minimum Gasteiger partial charge on any atom is -0.505 e. The lowest BCUT2D eigenvalue weighted by Crippen LogP contribution is -2.07. The van der Waals surface area contributed by atoms with Crippen LogP contribution in [0.4, 0.5) is 11.4 Å². The topological polar surface area (TPSA) is 92.5 Å². The van der Waals surface area contributed by atoms with Gasteiger partial charge in [0.2, 0.25) is 0 Å². The average molecular weight is 342 g/mol. The van der Waals surface area contributed by atoms with Crippen LogP contribution in [0.2, 0.25) is 0 Å². The molecule has 2 rings (SSSR count). The molecule has 0 atom stereocenters. The molecule has 0 fully saturated rings. The van der Waals surface area contributed by atoms with Crippen molar-refractivity contribution < 1.29 is 10.2 Å². The summed E-state index contributed by atoms with van der Waals surface area (Å²) in [5, 5.41) is 20.6. The molecule has 0 spiro atoms. The van der Waals surface area contributed by atoms with Gasteiger partial charge in [0.25, 0.3) is 0 Å². The fourth-order valence-electron chi connectivity index (χ4n) is 3.60. The predicted octanol–water partition coefficient (Wildman–Crippen LogP) is 4.10. The van der Waals surface area contributed by atoms with E-state index in [0.717, 1.165) is 59.1 Å². The highest BCUT2D eigenvalue weighted by Crippen LogP contribution is 2.37. The molecule has 6 N–H and O–H groups in total. The molecule has 0 saturated carbocycles. The van der Waals surface area contributed by atoms with Crippen molar-refractivity contribution in [3.8, 4) is 11.5 Å². The second-order valence-corrected chi connectivity index (χ2v) is 6.46. The molecule has 136 valence electrons. The van der Waals surface area contributed by atoms with Gasteiger partial charge in [-0.05, 0) is 65.5 Å². The van der Waals surface area contributed by atoms with E-state index >= 15 is 0 Å². The second-order valence-electron chi connectivity index (χ2n) is 6.46. The summed E-state index contributed by atoms with van der Waals surface area (Å²) in [7, 11) is 0. The molecule has 25 heavy (non-hydrogen) atoms. The van der Waals surface area contributed by atoms with E-state index in [4.69, 9.17) is 11.5 Å². The fraction of sp³-hybridized carbons (Fsp3) is 0.429. The van der Waals surface area contributed by atoms with E-state index in [9.17, 15) is 10.2 Å². The molecule has 0 saturated heterocycles. The quantitative estimate of drug-likeness (QED) is 0.470. The summed E-state index contributed by atoms with van der Waals surface area (Å²) in [6, 6.07) is 4.11. The van der Waals surface area contributed by atoms with Gasteiger partial charge in [-0.3, -0.25) is 0 Å². The van der Waals surface area contributed by atoms with Crippen molar-refractivity contribution in [2.75, 3.05) is 11.5 Å². The number of rotatable bonds is 6. The van der Waals surface area contributed by atoms with Gasteiger partial charge in [-0.1, -0.05) is 39.8 Å². The molecule has 0 bridgehead atoms. The maximum absolute atomic E-state index is 10.3. The van der Waals surface area contributed by atoms with Crippen molar-refractivity contribution in [1.82, 2.24) is 0 Å². The van der Waals surface area contributed by atoms with Crippen LogP contribution in [-0.2, 0) is 32.1 Å². The lowest BCUT2D eigenvalue weighted by Gasteiger charge is -2.19. The molecule has 0 amide bonds. The molecule has 0 heterocycles. The molecule has 0 radical (unpaired) electrons. The summed E-state index contributed by atoms with van der Waals surface area (Å²) in [5.74, 6) is 0.413. The van der Waals surface area contributed by atoms with Gasteiger partial charge < -0.3 is 21.7 Å². The van der Waals surface area contributed by atoms with Crippen LogP contribution in [0.5, 0.6) is 11.5 Å². The Bertz CT molecular complexity index is 717. The summed E-state index contributed by atoms with van der Waals surface area (Å²) in [6.45, 7) is 8.11. The molecule has 2 aromatic rings. The lowest BCUT2D eigenvalue weighted by molar-refractivity contribution is 0.470. The van der Waals surface area contributed by atoms with Crippen LogP contribution < -0.4 is 11.5 Å². The standard InChI is InChI=1S/C21H30N2O2/c1-5-12-9-14(16(7-3)18(22)20(12)24)11-15-10-13(6-2)21(25)19(23)17(15)8-4/h9-10,24-25H,5-8,11,22-23H2,1-4H3. The number of phenolic OH excluding ortho intramolecular Hbond substituents is 2. The van der Waals surface area contributed by atoms with Gasteiger partial charge >= 0.3 is 0 Å². The van der Waals surface area contributed by atoms with Crippen LogP contribution in [0.1, 0.15) is 61.1 Å². The van der Waals surface area contributed by atoms with E-state index in [1.165, 1.54) is 0 Å². The molecule has 4 nitrogen and oxygen atoms in total. The van der Waals surface area contributed by atoms with Crippen molar-refractivity contribution in [2.45, 2.75) is 59.8 Å². The Balaban J connectivity index is 2.64. The summed E-state index contributed by atoms with van der Waals surface area (Å²) in [4.78, 5) is 0. The van der Waals surface area contributed by atoms with Gasteiger partial charge in [-0.25, -0.2) is 0 Å². The van der Waals surface area contributed by atoms with Crippen molar-refractivity contribution in [2.24, 2.45) is 0 Å². The highest BCUT2D eigenvalue weighted by atomic mass is 16.3. The zero-order chi connectivity index (χ0) is 18.7. The molecule has 4 heteroatoms. The minimum absolute atomic E-state index is 0.207. The Morgan fingerprint density at radius 3 is 1.28 bits per heavy atom. The first kappa shape index (κ1) is 19.0. The SMILES string of the molecule is CCc1cc(Cc2cc(CC)c(O)c(N)c2CC)c(CC)c(N)c1O. The highest BCUT2D eigenvalue weighted by Gasteiger charge is 2.18. The molecule has 0 aliphatic heterocycles. The van der Waals surface area contributed by atoms with Crippen LogP contribution in [-0.4, -0.2) is 10.2 Å². The largest absolute Gasteiger partial charge is 0.505 e. The fourth-order valence-corrected chi connectivity index (χ4v) is 3.60. The van der Waals surface area contributed by atoms with E-state index in [0.29, 0.717) is 17.8 Å². The van der Waals surface area contributed by atoms with Crippen molar-refractivity contribution in [3.05, 3.63) is 45.5 Å². The third-order valence-electron chi connectivity index (χ3n) is 5.09. The Morgan fingerprint density at radius 2 is 1.00 bits per heavy atom. The van der Waals surface area contributed by atoms with Crippen molar-refractivity contribution >= 4 is 11.4 Å². The number of hydrogen-bond donors (Lipinski definition) is 4. The molecular formula is C21H30N2O2. The number of anilines is 2. The van der Waals surface area contributed by atoms with Crippen LogP contribution >= 0.6 is 0 Å². The van der Waals surface area contributed by atoms with Crippen LogP contribution in [0.15, 0.2) is 12.1 Å². The third-order valence-corrected chi connectivity index (χ3v) is 5.09. The Kier molecular flexibility index (Phi) is 5.83. The van der Waals surface area contributed by atoms with Gasteiger partial charge in [0.05, 0.1) is 11.4 Å². The highest BCUT2D eigenvalue weighted by molar-refractivity contribution is 5.67. The zero-order valence-corrected chi connectivity index (χ0v) is 15.7. The predicted molar refractivity (Wildman–Crippen MR) is 105 cm³/mol. The molecule has 2 aromatic carbocycles. The van der Waals surface area contributed by atoms with Crippen molar-refractivity contribution in [3.63, 3.8) is 0 Å². The Morgan fingerprint density at radius 1 is 0.640 bits per heavy atom. The van der Waals surface area contributed by atoms with E-state index in [2.05, 4.69) is 12.1 Å². The number of aromatic hydroxyl groups is 2. The minimum atomic E-state index is 0.207. The van der Waals surface area contributed by atoms with E-state index in [-0.39, 0.29) is 11.5 Å². The Hall–Kier alpha value is -2.36. The number of aryl methyl sites for hydroxylation is 2. The van der Waals surface area contributed by atoms with E-state index < -0.39 is 0 Å². The number of benzene rings is 2. The normalized spacial score (nSPS) is 11.0. The van der Waals surface area contributed by atoms with Crippen molar-refractivity contribution in [1.29, 1.82) is 0 Å². The monoisotopic (exact) mass is 342 g/mol. The second kappa shape index (κ2) is 7.68. The molecule has 0 unspecified atom stereocenters. The summed E-state index contributed by atoms with van der Waals surface area (Å²) < 4.78 is 0. The lowest BCUT2D eigenvalue weighted by atomic mass is 9.89. The number of hydrogen-bond acceptors (Lipinski definition) is 4. The smallest absolute Gasteiger partial charge is 0.141 e. The van der Waals surface area contributed by atoms with Gasteiger partial charge in [0, 0.05) is 0 Å². The first-order valence-electron chi connectivity index (χ1n) is 9.13. The summed E-state index contributed by atoms with van der Waals surface area (Å²) in [6.07, 6.45) is 3.67. The van der Waals surface area contributed by atoms with Crippen LogP contribution in [0.25, 0.3) is 0 Å². The number of phenols is 2. The van der Waals surface area contributed by atoms with Gasteiger partial charge in [0.15, 0.2) is 0 Å². The first-order valence-corrected chi connectivity index (χ1v) is 9.13. The zero-order valence-electron chi connectivity index (χ0n) is 15.7. The van der Waals surface area contributed by atoms with Gasteiger partial charge in [-0.15, -0.1) is 0 Å². The van der Waals surface area contributed by atoms with E-state index in [1.807, 2.05) is 27.7 Å². The average Bonchev–Trinajstić information content (AvgIpc) is 2.61. The number of nitrogens with two attached hydrogens (primary N) is 2. The van der Waals surface area contributed by atoms with Crippen LogP contribution in [0.3, 0.4) is 0 Å². The summed E-state index contributed by atoms with van der Waals surface area (Å²) >= 11 is 0. The Labute approximate surface area is 150 Å². The number of nitrogen functional groups attached to an aromatic ring is 2. The first-order chi connectivity index (χ1) is 11.9. The molecule has 0 aliphatic carbocycles. The van der Waals surface area contributed by atoms with E-state index in [1.54, 1.807) is 0 Å². The van der Waals surface area contributed by atoms with Crippen LogP contribution in [0, 0.1) is 0 Å². The van der Waals surface area contributed by atoms with Gasteiger partial charge in [-0.2, -0.15) is 0 Å².